The lowest BCUT2D eigenvalue weighted by Gasteiger charge is -2.15. The largest absolute Gasteiger partial charge is 0.421 e. The number of hydrogen-bond donors (Lipinski definition) is 2. The van der Waals surface area contributed by atoms with Crippen LogP contribution in [0.25, 0.3) is 0 Å². The molecule has 3 aromatic rings. The first kappa shape index (κ1) is 20.9. The van der Waals surface area contributed by atoms with Gasteiger partial charge in [-0.3, -0.25) is 0 Å². The van der Waals surface area contributed by atoms with E-state index in [2.05, 4.69) is 34.4 Å². The Morgan fingerprint density at radius 3 is 2.38 bits per heavy atom. The van der Waals surface area contributed by atoms with Crippen molar-refractivity contribution >= 4 is 34.7 Å². The Balaban J connectivity index is 1.91. The number of anilines is 4. The molecule has 8 heteroatoms. The molecule has 0 radical (unpaired) electrons. The number of nitrogens with zero attached hydrogens (tertiary/aromatic N) is 2. The Morgan fingerprint density at radius 2 is 1.72 bits per heavy atom. The summed E-state index contributed by atoms with van der Waals surface area (Å²) in [5.74, 6) is 0.164. The minimum Gasteiger partial charge on any atom is -0.340 e. The van der Waals surface area contributed by atoms with Gasteiger partial charge in [-0.15, -0.1) is 0 Å². The van der Waals surface area contributed by atoms with E-state index in [9.17, 15) is 13.2 Å². The maximum absolute atomic E-state index is 13.5. The molecule has 1 heterocycles. The molecule has 0 saturated carbocycles. The fourth-order valence-corrected chi connectivity index (χ4v) is 2.92. The fraction of sp³-hybridized carbons (Fsp3) is 0.238. The van der Waals surface area contributed by atoms with E-state index in [1.54, 1.807) is 36.4 Å². The van der Waals surface area contributed by atoms with Gasteiger partial charge < -0.3 is 10.6 Å². The quantitative estimate of drug-likeness (QED) is 0.458. The molecule has 0 atom stereocenters. The minimum atomic E-state index is -4.59. The van der Waals surface area contributed by atoms with Crippen LogP contribution in [0.1, 0.15) is 25.0 Å². The summed E-state index contributed by atoms with van der Waals surface area (Å²) in [4.78, 5) is 7.86. The molecule has 0 amide bonds. The van der Waals surface area contributed by atoms with E-state index < -0.39 is 11.7 Å². The lowest BCUT2D eigenvalue weighted by atomic mass is 10.0. The summed E-state index contributed by atoms with van der Waals surface area (Å²) in [6.45, 7) is 4.17. The summed E-state index contributed by atoms with van der Waals surface area (Å²) in [5, 5.41) is 6.23. The molecule has 4 nitrogen and oxygen atoms in total. The molecule has 0 saturated heterocycles. The Hall–Kier alpha value is -2.80. The van der Waals surface area contributed by atoms with Crippen LogP contribution in [0.2, 0.25) is 5.02 Å². The molecule has 2 aromatic carbocycles. The van der Waals surface area contributed by atoms with Crippen molar-refractivity contribution in [1.82, 2.24) is 9.97 Å². The van der Waals surface area contributed by atoms with Gasteiger partial charge in [0.15, 0.2) is 0 Å². The van der Waals surface area contributed by atoms with Gasteiger partial charge in [-0.25, -0.2) is 4.98 Å². The molecule has 29 heavy (non-hydrogen) atoms. The number of hydrogen-bond acceptors (Lipinski definition) is 4. The van der Waals surface area contributed by atoms with Gasteiger partial charge in [-0.2, -0.15) is 18.2 Å². The van der Waals surface area contributed by atoms with Crippen LogP contribution in [0.5, 0.6) is 0 Å². The van der Waals surface area contributed by atoms with Crippen molar-refractivity contribution in [2.45, 2.75) is 26.4 Å². The molecule has 0 unspecified atom stereocenters. The first-order valence-corrected chi connectivity index (χ1v) is 9.41. The molecule has 0 fully saturated rings. The molecule has 3 rings (SSSR count). The molecule has 0 spiro atoms. The molecule has 0 bridgehead atoms. The van der Waals surface area contributed by atoms with Crippen molar-refractivity contribution in [3.05, 3.63) is 70.9 Å². The van der Waals surface area contributed by atoms with Crippen LogP contribution in [-0.4, -0.2) is 9.97 Å². The second kappa shape index (κ2) is 8.69. The van der Waals surface area contributed by atoms with Crippen molar-refractivity contribution in [1.29, 1.82) is 0 Å². The summed E-state index contributed by atoms with van der Waals surface area (Å²) in [5.41, 5.74) is 1.24. The summed E-state index contributed by atoms with van der Waals surface area (Å²) >= 11 is 5.85. The predicted octanol–water partition coefficient (Wildman–Crippen LogP) is 6.83. The Bertz CT molecular complexity index is 972. The van der Waals surface area contributed by atoms with Gasteiger partial charge in [0, 0.05) is 22.6 Å². The van der Waals surface area contributed by atoms with Crippen LogP contribution in [0.3, 0.4) is 0 Å². The second-order valence-electron chi connectivity index (χ2n) is 7.01. The normalized spacial score (nSPS) is 11.6. The Kier molecular flexibility index (Phi) is 6.27. The van der Waals surface area contributed by atoms with Gasteiger partial charge >= 0.3 is 6.18 Å². The summed E-state index contributed by atoms with van der Waals surface area (Å²) < 4.78 is 40.4. The molecule has 2 N–H and O–H groups in total. The lowest BCUT2D eigenvalue weighted by Crippen LogP contribution is -2.12. The molecule has 152 valence electrons. The highest BCUT2D eigenvalue weighted by atomic mass is 35.5. The van der Waals surface area contributed by atoms with Gasteiger partial charge in [0.2, 0.25) is 5.95 Å². The zero-order chi connectivity index (χ0) is 21.0. The van der Waals surface area contributed by atoms with Gasteiger partial charge in [0.25, 0.3) is 0 Å². The average Bonchev–Trinajstić information content (AvgIpc) is 2.62. The van der Waals surface area contributed by atoms with E-state index >= 15 is 0 Å². The third kappa shape index (κ3) is 5.84. The first-order valence-electron chi connectivity index (χ1n) is 9.03. The van der Waals surface area contributed by atoms with Gasteiger partial charge in [0.05, 0.1) is 0 Å². The first-order chi connectivity index (χ1) is 13.7. The lowest BCUT2D eigenvalue weighted by molar-refractivity contribution is -0.137. The molecular formula is C21H20ClF3N4. The average molecular weight is 421 g/mol. The zero-order valence-electron chi connectivity index (χ0n) is 15.9. The minimum absolute atomic E-state index is 0.0427. The third-order valence-electron chi connectivity index (χ3n) is 4.03. The van der Waals surface area contributed by atoms with Crippen LogP contribution in [0.4, 0.5) is 36.3 Å². The molecule has 0 aliphatic carbocycles. The van der Waals surface area contributed by atoms with Crippen molar-refractivity contribution in [2.75, 3.05) is 10.6 Å². The second-order valence-corrected chi connectivity index (χ2v) is 7.45. The highest BCUT2D eigenvalue weighted by molar-refractivity contribution is 6.30. The summed E-state index contributed by atoms with van der Waals surface area (Å²) in [6.07, 6.45) is -2.99. The zero-order valence-corrected chi connectivity index (χ0v) is 16.6. The van der Waals surface area contributed by atoms with E-state index in [1.807, 2.05) is 12.1 Å². The Labute approximate surface area is 172 Å². The number of halogens is 4. The number of benzene rings is 2. The highest BCUT2D eigenvalue weighted by Gasteiger charge is 2.35. The predicted molar refractivity (Wildman–Crippen MR) is 110 cm³/mol. The maximum Gasteiger partial charge on any atom is 0.421 e. The van der Waals surface area contributed by atoms with E-state index in [0.717, 1.165) is 18.2 Å². The van der Waals surface area contributed by atoms with Crippen molar-refractivity contribution in [2.24, 2.45) is 5.92 Å². The van der Waals surface area contributed by atoms with Crippen molar-refractivity contribution < 1.29 is 13.2 Å². The van der Waals surface area contributed by atoms with E-state index in [-0.39, 0.29) is 11.8 Å². The monoisotopic (exact) mass is 420 g/mol. The molecular weight excluding hydrogens is 401 g/mol. The maximum atomic E-state index is 13.5. The molecule has 0 aliphatic rings. The van der Waals surface area contributed by atoms with E-state index in [0.29, 0.717) is 22.3 Å². The van der Waals surface area contributed by atoms with Crippen LogP contribution < -0.4 is 10.6 Å². The summed E-state index contributed by atoms with van der Waals surface area (Å²) in [6, 6.07) is 14.0. The summed E-state index contributed by atoms with van der Waals surface area (Å²) in [7, 11) is 0. The number of alkyl halides is 3. The van der Waals surface area contributed by atoms with Gasteiger partial charge in [-0.1, -0.05) is 37.6 Å². The van der Waals surface area contributed by atoms with Crippen LogP contribution >= 0.6 is 11.6 Å². The SMILES string of the molecule is CC(C)Cc1cccc(Nc2nc(Nc3ccc(Cl)cc3)ncc2C(F)(F)F)c1. The standard InChI is InChI=1S/C21H20ClF3N4/c1-13(2)10-14-4-3-5-17(11-14)27-19-18(21(23,24)25)12-26-20(29-19)28-16-8-6-15(22)7-9-16/h3-9,11-13H,10H2,1-2H3,(H2,26,27,28,29). The number of rotatable bonds is 6. The van der Waals surface area contributed by atoms with Crippen LogP contribution in [0.15, 0.2) is 54.7 Å². The number of aromatic nitrogens is 2. The van der Waals surface area contributed by atoms with Gasteiger partial charge in [0.1, 0.15) is 11.4 Å². The third-order valence-corrected chi connectivity index (χ3v) is 4.28. The Morgan fingerprint density at radius 1 is 1.00 bits per heavy atom. The van der Waals surface area contributed by atoms with E-state index in [1.165, 1.54) is 0 Å². The van der Waals surface area contributed by atoms with Crippen molar-refractivity contribution in [3.8, 4) is 0 Å². The smallest absolute Gasteiger partial charge is 0.340 e. The highest BCUT2D eigenvalue weighted by Crippen LogP contribution is 2.35. The van der Waals surface area contributed by atoms with Crippen molar-refractivity contribution in [3.63, 3.8) is 0 Å². The van der Waals surface area contributed by atoms with Crippen LogP contribution in [-0.2, 0) is 12.6 Å². The topological polar surface area (TPSA) is 49.8 Å². The molecule has 0 aliphatic heterocycles. The van der Waals surface area contributed by atoms with Crippen LogP contribution in [0, 0.1) is 5.92 Å². The van der Waals surface area contributed by atoms with E-state index in [4.69, 9.17) is 11.6 Å². The van der Waals surface area contributed by atoms with Gasteiger partial charge in [-0.05, 0) is 54.3 Å². The fourth-order valence-electron chi connectivity index (χ4n) is 2.79. The number of nitrogens with one attached hydrogen (secondary N) is 2. The molecule has 1 aromatic heterocycles.